The number of benzene rings is 1. The zero-order valence-corrected chi connectivity index (χ0v) is 13.9. The Labute approximate surface area is 136 Å². The van der Waals surface area contributed by atoms with Gasteiger partial charge in [0.05, 0.1) is 7.11 Å². The van der Waals surface area contributed by atoms with Crippen LogP contribution in [-0.4, -0.2) is 26.2 Å². The Hall–Kier alpha value is -0.950. The van der Waals surface area contributed by atoms with Gasteiger partial charge in [-0.05, 0) is 24.1 Å². The van der Waals surface area contributed by atoms with E-state index in [1.54, 1.807) is 19.3 Å². The van der Waals surface area contributed by atoms with E-state index in [0.717, 1.165) is 17.7 Å². The van der Waals surface area contributed by atoms with E-state index in [-0.39, 0.29) is 24.0 Å². The second-order valence-corrected chi connectivity index (χ2v) is 4.05. The van der Waals surface area contributed by atoms with Crippen LogP contribution in [0.2, 0.25) is 5.02 Å². The quantitative estimate of drug-likeness (QED) is 0.337. The molecule has 1 aromatic rings. The molecule has 19 heavy (non-hydrogen) atoms. The van der Waals surface area contributed by atoms with E-state index in [0.29, 0.717) is 24.1 Å². The van der Waals surface area contributed by atoms with Crippen LogP contribution in [0, 0.1) is 0 Å². The molecule has 6 heteroatoms. The van der Waals surface area contributed by atoms with Crippen molar-refractivity contribution in [2.45, 2.75) is 6.42 Å². The van der Waals surface area contributed by atoms with Gasteiger partial charge in [0.25, 0.3) is 0 Å². The van der Waals surface area contributed by atoms with E-state index < -0.39 is 0 Å². The SMILES string of the molecule is C=CCNC(N)=NCCc1ccc(OC)cc1Cl.I. The van der Waals surface area contributed by atoms with Crippen molar-refractivity contribution < 1.29 is 4.74 Å². The maximum absolute atomic E-state index is 6.12. The largest absolute Gasteiger partial charge is 0.497 e. The van der Waals surface area contributed by atoms with Gasteiger partial charge >= 0.3 is 0 Å². The minimum atomic E-state index is 0. The molecule has 0 fully saturated rings. The van der Waals surface area contributed by atoms with Crippen LogP contribution in [0.4, 0.5) is 0 Å². The van der Waals surface area contributed by atoms with Crippen LogP contribution in [0.25, 0.3) is 0 Å². The fraction of sp³-hybridized carbons (Fsp3) is 0.308. The topological polar surface area (TPSA) is 59.6 Å². The Morgan fingerprint density at radius 3 is 2.89 bits per heavy atom. The van der Waals surface area contributed by atoms with Crippen molar-refractivity contribution in [2.24, 2.45) is 10.7 Å². The molecule has 106 valence electrons. The maximum Gasteiger partial charge on any atom is 0.188 e. The minimum absolute atomic E-state index is 0. The summed E-state index contributed by atoms with van der Waals surface area (Å²) in [5, 5.41) is 3.59. The third-order valence-corrected chi connectivity index (χ3v) is 2.70. The molecular formula is C13H19ClIN3O. The number of guanidine groups is 1. The van der Waals surface area contributed by atoms with Crippen molar-refractivity contribution in [1.82, 2.24) is 5.32 Å². The standard InChI is InChI=1S/C13H18ClN3O.HI/c1-3-7-16-13(15)17-8-6-10-4-5-11(18-2)9-12(10)14;/h3-5,9H,1,6-8H2,2H3,(H3,15,16,17);1H. The summed E-state index contributed by atoms with van der Waals surface area (Å²) in [6.45, 7) is 4.78. The summed E-state index contributed by atoms with van der Waals surface area (Å²) in [5.41, 5.74) is 6.67. The number of aliphatic imine (C=N–C) groups is 1. The Morgan fingerprint density at radius 2 is 2.32 bits per heavy atom. The highest BCUT2D eigenvalue weighted by Gasteiger charge is 2.01. The highest BCUT2D eigenvalue weighted by molar-refractivity contribution is 14.0. The fourth-order valence-electron chi connectivity index (χ4n) is 1.39. The van der Waals surface area contributed by atoms with Gasteiger partial charge in [-0.15, -0.1) is 30.6 Å². The molecule has 0 amide bonds. The molecule has 0 unspecified atom stereocenters. The molecule has 0 aliphatic carbocycles. The highest BCUT2D eigenvalue weighted by atomic mass is 127. The summed E-state index contributed by atoms with van der Waals surface area (Å²) in [6.07, 6.45) is 2.46. The molecule has 0 bridgehead atoms. The van der Waals surface area contributed by atoms with E-state index in [1.807, 2.05) is 12.1 Å². The van der Waals surface area contributed by atoms with Gasteiger partial charge in [-0.3, -0.25) is 4.99 Å². The summed E-state index contributed by atoms with van der Waals surface area (Å²) in [4.78, 5) is 4.19. The predicted octanol–water partition coefficient (Wildman–Crippen LogP) is 2.60. The van der Waals surface area contributed by atoms with Gasteiger partial charge < -0.3 is 15.8 Å². The lowest BCUT2D eigenvalue weighted by molar-refractivity contribution is 0.414. The number of methoxy groups -OCH3 is 1. The van der Waals surface area contributed by atoms with Crippen molar-refractivity contribution in [3.8, 4) is 5.75 Å². The summed E-state index contributed by atoms with van der Waals surface area (Å²) >= 11 is 6.12. The molecule has 0 saturated carbocycles. The van der Waals surface area contributed by atoms with E-state index in [4.69, 9.17) is 22.1 Å². The number of halogens is 2. The normalized spacial score (nSPS) is 10.5. The number of ether oxygens (including phenoxy) is 1. The first-order chi connectivity index (χ1) is 8.67. The molecule has 3 N–H and O–H groups in total. The zero-order chi connectivity index (χ0) is 13.4. The Morgan fingerprint density at radius 1 is 1.58 bits per heavy atom. The summed E-state index contributed by atoms with van der Waals surface area (Å²) in [5.74, 6) is 1.17. The maximum atomic E-state index is 6.12. The molecular weight excluding hydrogens is 377 g/mol. The minimum Gasteiger partial charge on any atom is -0.497 e. The van der Waals surface area contributed by atoms with Crippen LogP contribution < -0.4 is 15.8 Å². The van der Waals surface area contributed by atoms with Gasteiger partial charge in [-0.2, -0.15) is 0 Å². The lowest BCUT2D eigenvalue weighted by atomic mass is 10.1. The fourth-order valence-corrected chi connectivity index (χ4v) is 1.65. The zero-order valence-electron chi connectivity index (χ0n) is 10.9. The van der Waals surface area contributed by atoms with E-state index in [9.17, 15) is 0 Å². The average Bonchev–Trinajstić information content (AvgIpc) is 2.38. The summed E-state index contributed by atoms with van der Waals surface area (Å²) < 4.78 is 5.09. The van der Waals surface area contributed by atoms with Crippen molar-refractivity contribution >= 4 is 41.5 Å². The lowest BCUT2D eigenvalue weighted by Crippen LogP contribution is -2.31. The third-order valence-electron chi connectivity index (χ3n) is 2.35. The monoisotopic (exact) mass is 395 g/mol. The molecule has 4 nitrogen and oxygen atoms in total. The van der Waals surface area contributed by atoms with Gasteiger partial charge in [-0.25, -0.2) is 0 Å². The first-order valence-corrected chi connectivity index (χ1v) is 6.02. The summed E-state index contributed by atoms with van der Waals surface area (Å²) in [6, 6.07) is 5.61. The van der Waals surface area contributed by atoms with Gasteiger partial charge in [0, 0.05) is 18.1 Å². The number of hydrogen-bond donors (Lipinski definition) is 2. The van der Waals surface area contributed by atoms with Crippen LogP contribution in [0.5, 0.6) is 5.75 Å². The van der Waals surface area contributed by atoms with E-state index in [1.165, 1.54) is 0 Å². The highest BCUT2D eigenvalue weighted by Crippen LogP contribution is 2.22. The number of nitrogens with zero attached hydrogens (tertiary/aromatic N) is 1. The third kappa shape index (κ3) is 6.68. The van der Waals surface area contributed by atoms with Crippen molar-refractivity contribution in [1.29, 1.82) is 0 Å². The Balaban J connectivity index is 0.00000324. The molecule has 0 aliphatic rings. The van der Waals surface area contributed by atoms with Crippen molar-refractivity contribution in [3.05, 3.63) is 41.4 Å². The molecule has 1 aromatic carbocycles. The Kier molecular flexibility index (Phi) is 9.42. The van der Waals surface area contributed by atoms with E-state index in [2.05, 4.69) is 16.9 Å². The molecule has 0 saturated heterocycles. The van der Waals surface area contributed by atoms with Crippen LogP contribution in [0.15, 0.2) is 35.8 Å². The van der Waals surface area contributed by atoms with Gasteiger partial charge in [0.2, 0.25) is 0 Å². The number of hydrogen-bond acceptors (Lipinski definition) is 2. The van der Waals surface area contributed by atoms with Gasteiger partial charge in [0.15, 0.2) is 5.96 Å². The second-order valence-electron chi connectivity index (χ2n) is 3.64. The molecule has 0 heterocycles. The number of rotatable bonds is 6. The van der Waals surface area contributed by atoms with Crippen molar-refractivity contribution in [3.63, 3.8) is 0 Å². The van der Waals surface area contributed by atoms with Crippen LogP contribution in [-0.2, 0) is 6.42 Å². The molecule has 0 radical (unpaired) electrons. The summed E-state index contributed by atoms with van der Waals surface area (Å²) in [7, 11) is 1.61. The number of nitrogens with one attached hydrogen (secondary N) is 1. The van der Waals surface area contributed by atoms with Gasteiger partial charge in [0.1, 0.15) is 5.75 Å². The second kappa shape index (κ2) is 9.91. The predicted molar refractivity (Wildman–Crippen MR) is 91.8 cm³/mol. The first kappa shape index (κ1) is 18.0. The lowest BCUT2D eigenvalue weighted by Gasteiger charge is -2.06. The van der Waals surface area contributed by atoms with Crippen LogP contribution in [0.3, 0.4) is 0 Å². The Bertz CT molecular complexity index is 438. The molecule has 1 rings (SSSR count). The molecule has 0 aliphatic heterocycles. The van der Waals surface area contributed by atoms with Crippen LogP contribution in [0.1, 0.15) is 5.56 Å². The van der Waals surface area contributed by atoms with E-state index >= 15 is 0 Å². The first-order valence-electron chi connectivity index (χ1n) is 5.64. The van der Waals surface area contributed by atoms with Crippen LogP contribution >= 0.6 is 35.6 Å². The van der Waals surface area contributed by atoms with Gasteiger partial charge in [-0.1, -0.05) is 23.7 Å². The smallest absolute Gasteiger partial charge is 0.188 e. The number of nitrogens with two attached hydrogens (primary N) is 1. The molecule has 0 aromatic heterocycles. The average molecular weight is 396 g/mol. The molecule has 0 spiro atoms. The molecule has 0 atom stereocenters. The van der Waals surface area contributed by atoms with Crippen molar-refractivity contribution in [2.75, 3.05) is 20.2 Å².